The summed E-state index contributed by atoms with van der Waals surface area (Å²) in [5, 5.41) is 19.3. The van der Waals surface area contributed by atoms with Crippen LogP contribution in [0.2, 0.25) is 0 Å². The van der Waals surface area contributed by atoms with Gasteiger partial charge in [0, 0.05) is 18.8 Å². The van der Waals surface area contributed by atoms with E-state index in [2.05, 4.69) is 16.9 Å². The fourth-order valence-electron chi connectivity index (χ4n) is 3.90. The van der Waals surface area contributed by atoms with Crippen molar-refractivity contribution in [3.8, 4) is 0 Å². The van der Waals surface area contributed by atoms with Gasteiger partial charge in [0.25, 0.3) is 0 Å². The van der Waals surface area contributed by atoms with Gasteiger partial charge in [-0.15, -0.1) is 0 Å². The Kier molecular flexibility index (Phi) is 13.7. The Bertz CT molecular complexity index is 578. The van der Waals surface area contributed by atoms with E-state index < -0.39 is 17.4 Å². The van der Waals surface area contributed by atoms with Gasteiger partial charge >= 0.3 is 11.9 Å². The molecular weight excluding hydrogens is 380 g/mol. The summed E-state index contributed by atoms with van der Waals surface area (Å²) in [6.07, 6.45) is 18.2. The molecule has 0 spiro atoms. The molecule has 1 rings (SSSR count). The SMILES string of the molecule is CCCCCCCCCCCCC(CCCCCc1ncccn1)(C(=O)O)C(=O)O. The molecule has 0 aromatic carbocycles. The lowest BCUT2D eigenvalue weighted by Crippen LogP contribution is -2.39. The first-order chi connectivity index (χ1) is 14.5. The van der Waals surface area contributed by atoms with Crippen molar-refractivity contribution in [3.05, 3.63) is 24.3 Å². The van der Waals surface area contributed by atoms with Gasteiger partial charge in [0.15, 0.2) is 5.41 Å². The molecule has 0 saturated heterocycles. The number of aliphatic carboxylic acids is 2. The molecule has 0 atom stereocenters. The monoisotopic (exact) mass is 420 g/mol. The van der Waals surface area contributed by atoms with Gasteiger partial charge in [0.2, 0.25) is 0 Å². The molecule has 0 aliphatic heterocycles. The van der Waals surface area contributed by atoms with Gasteiger partial charge in [-0.25, -0.2) is 9.97 Å². The van der Waals surface area contributed by atoms with Crippen molar-refractivity contribution in [2.75, 3.05) is 0 Å². The van der Waals surface area contributed by atoms with Gasteiger partial charge in [-0.3, -0.25) is 9.59 Å². The molecule has 1 aromatic heterocycles. The number of carbonyl (C=O) groups is 2. The molecule has 0 radical (unpaired) electrons. The number of carboxylic acid groups (broad SMARTS) is 2. The van der Waals surface area contributed by atoms with E-state index in [1.165, 1.54) is 38.5 Å². The molecule has 1 aromatic rings. The number of aromatic nitrogens is 2. The Balaban J connectivity index is 2.28. The lowest BCUT2D eigenvalue weighted by atomic mass is 9.78. The molecule has 0 saturated carbocycles. The second kappa shape index (κ2) is 15.8. The van der Waals surface area contributed by atoms with Crippen molar-refractivity contribution in [1.29, 1.82) is 0 Å². The van der Waals surface area contributed by atoms with Gasteiger partial charge in [0.05, 0.1) is 0 Å². The average Bonchev–Trinajstić information content (AvgIpc) is 2.73. The molecule has 1 heterocycles. The van der Waals surface area contributed by atoms with Crippen LogP contribution in [0.5, 0.6) is 0 Å². The summed E-state index contributed by atoms with van der Waals surface area (Å²) < 4.78 is 0. The summed E-state index contributed by atoms with van der Waals surface area (Å²) in [5.74, 6) is -1.62. The van der Waals surface area contributed by atoms with Crippen LogP contribution in [0.3, 0.4) is 0 Å². The Hall–Kier alpha value is -1.98. The van der Waals surface area contributed by atoms with Crippen LogP contribution in [0, 0.1) is 5.41 Å². The van der Waals surface area contributed by atoms with Crippen molar-refractivity contribution in [2.45, 2.75) is 110 Å². The van der Waals surface area contributed by atoms with E-state index in [1.807, 2.05) is 0 Å². The van der Waals surface area contributed by atoms with Crippen LogP contribution < -0.4 is 0 Å². The number of aryl methyl sites for hydroxylation is 1. The lowest BCUT2D eigenvalue weighted by molar-refractivity contribution is -0.166. The Morgan fingerprint density at radius 2 is 1.17 bits per heavy atom. The number of nitrogens with zero attached hydrogens (tertiary/aromatic N) is 2. The van der Waals surface area contributed by atoms with Crippen LogP contribution in [0.1, 0.15) is 109 Å². The van der Waals surface area contributed by atoms with Crippen molar-refractivity contribution in [3.63, 3.8) is 0 Å². The molecule has 0 bridgehead atoms. The van der Waals surface area contributed by atoms with E-state index >= 15 is 0 Å². The normalized spacial score (nSPS) is 11.5. The Morgan fingerprint density at radius 1 is 0.733 bits per heavy atom. The molecular formula is C24H40N2O4. The summed E-state index contributed by atoms with van der Waals surface area (Å²) in [6, 6.07) is 1.77. The lowest BCUT2D eigenvalue weighted by Gasteiger charge is -2.25. The fourth-order valence-corrected chi connectivity index (χ4v) is 3.90. The zero-order chi connectivity index (χ0) is 22.1. The van der Waals surface area contributed by atoms with E-state index in [0.29, 0.717) is 12.8 Å². The molecule has 0 fully saturated rings. The zero-order valence-electron chi connectivity index (χ0n) is 18.7. The molecule has 6 nitrogen and oxygen atoms in total. The number of unbranched alkanes of at least 4 members (excludes halogenated alkanes) is 11. The van der Waals surface area contributed by atoms with Crippen LogP contribution >= 0.6 is 0 Å². The minimum atomic E-state index is -1.65. The summed E-state index contributed by atoms with van der Waals surface area (Å²) in [6.45, 7) is 2.22. The van der Waals surface area contributed by atoms with Gasteiger partial charge in [-0.05, 0) is 25.3 Å². The molecule has 30 heavy (non-hydrogen) atoms. The largest absolute Gasteiger partial charge is 0.480 e. The Morgan fingerprint density at radius 3 is 1.63 bits per heavy atom. The van der Waals surface area contributed by atoms with Gasteiger partial charge in [-0.2, -0.15) is 0 Å². The highest BCUT2D eigenvalue weighted by Gasteiger charge is 2.45. The smallest absolute Gasteiger partial charge is 0.321 e. The van der Waals surface area contributed by atoms with Crippen LogP contribution in [0.25, 0.3) is 0 Å². The maximum atomic E-state index is 11.8. The van der Waals surface area contributed by atoms with Crippen molar-refractivity contribution in [2.24, 2.45) is 5.41 Å². The number of hydrogen-bond donors (Lipinski definition) is 2. The predicted molar refractivity (Wildman–Crippen MR) is 118 cm³/mol. The second-order valence-electron chi connectivity index (χ2n) is 8.35. The number of hydrogen-bond acceptors (Lipinski definition) is 4. The van der Waals surface area contributed by atoms with E-state index in [4.69, 9.17) is 0 Å². The number of rotatable bonds is 19. The van der Waals surface area contributed by atoms with Crippen LogP contribution in [-0.2, 0) is 16.0 Å². The first-order valence-electron chi connectivity index (χ1n) is 11.8. The van der Waals surface area contributed by atoms with Crippen molar-refractivity contribution >= 4 is 11.9 Å². The molecule has 0 aliphatic carbocycles. The Labute approximate surface area is 181 Å². The summed E-state index contributed by atoms with van der Waals surface area (Å²) in [4.78, 5) is 32.0. The van der Waals surface area contributed by atoms with Crippen LogP contribution in [-0.4, -0.2) is 32.1 Å². The van der Waals surface area contributed by atoms with Crippen molar-refractivity contribution in [1.82, 2.24) is 9.97 Å². The minimum absolute atomic E-state index is 0.185. The van der Waals surface area contributed by atoms with Gasteiger partial charge in [0.1, 0.15) is 5.82 Å². The third-order valence-electron chi connectivity index (χ3n) is 5.90. The standard InChI is InChI=1S/C24H40N2O4/c1-2-3-4-5-6-7-8-9-10-13-17-24(22(27)28,23(29)30)18-14-11-12-16-21-25-19-15-20-26-21/h15,19-20H,2-14,16-18H2,1H3,(H,27,28)(H,29,30). The number of carboxylic acids is 2. The third kappa shape index (κ3) is 10.2. The predicted octanol–water partition coefficient (Wildman–Crippen LogP) is 6.05. The van der Waals surface area contributed by atoms with Crippen molar-refractivity contribution < 1.29 is 19.8 Å². The first kappa shape index (κ1) is 26.1. The van der Waals surface area contributed by atoms with E-state index in [-0.39, 0.29) is 12.8 Å². The molecule has 0 unspecified atom stereocenters. The topological polar surface area (TPSA) is 100 Å². The van der Waals surface area contributed by atoms with Crippen LogP contribution in [0.4, 0.5) is 0 Å². The summed E-state index contributed by atoms with van der Waals surface area (Å²) >= 11 is 0. The van der Waals surface area contributed by atoms with Gasteiger partial charge in [-0.1, -0.05) is 84.0 Å². The fraction of sp³-hybridized carbons (Fsp3) is 0.750. The highest BCUT2D eigenvalue weighted by atomic mass is 16.4. The van der Waals surface area contributed by atoms with E-state index in [9.17, 15) is 19.8 Å². The first-order valence-corrected chi connectivity index (χ1v) is 11.8. The molecule has 0 aliphatic rings. The zero-order valence-corrected chi connectivity index (χ0v) is 18.7. The van der Waals surface area contributed by atoms with E-state index in [1.54, 1.807) is 18.5 Å². The molecule has 6 heteroatoms. The highest BCUT2D eigenvalue weighted by Crippen LogP contribution is 2.33. The maximum absolute atomic E-state index is 11.8. The molecule has 0 amide bonds. The third-order valence-corrected chi connectivity index (χ3v) is 5.90. The summed E-state index contributed by atoms with van der Waals surface area (Å²) in [5.41, 5.74) is -1.65. The second-order valence-corrected chi connectivity index (χ2v) is 8.35. The molecule has 2 N–H and O–H groups in total. The van der Waals surface area contributed by atoms with E-state index in [0.717, 1.165) is 44.3 Å². The quantitative estimate of drug-likeness (QED) is 0.209. The highest BCUT2D eigenvalue weighted by molar-refractivity contribution is 5.98. The van der Waals surface area contributed by atoms with Crippen LogP contribution in [0.15, 0.2) is 18.5 Å². The van der Waals surface area contributed by atoms with Gasteiger partial charge < -0.3 is 10.2 Å². The average molecular weight is 421 g/mol. The summed E-state index contributed by atoms with van der Waals surface area (Å²) in [7, 11) is 0. The maximum Gasteiger partial charge on any atom is 0.321 e. The molecule has 170 valence electrons. The minimum Gasteiger partial charge on any atom is -0.480 e.